The van der Waals surface area contributed by atoms with Crippen LogP contribution in [0, 0.1) is 11.3 Å². The fraction of sp³-hybridized carbons (Fsp3) is 0.0625. The van der Waals surface area contributed by atoms with Gasteiger partial charge in [0.1, 0.15) is 16.7 Å². The largest absolute Gasteiger partial charge is 0.293 e. The molecule has 3 aromatic rings. The topological polar surface area (TPSA) is 58.2 Å². The molecular weight excluding hydrogens is 282 g/mol. The van der Waals surface area contributed by atoms with Gasteiger partial charge in [-0.2, -0.15) is 10.4 Å². The summed E-state index contributed by atoms with van der Waals surface area (Å²) in [5.74, 6) is 0.296. The molecule has 0 fully saturated rings. The highest BCUT2D eigenvalue weighted by atomic mass is 32.2. The first-order valence-corrected chi connectivity index (χ1v) is 7.36. The Balaban J connectivity index is 1.83. The molecule has 3 rings (SSSR count). The second-order valence-electron chi connectivity index (χ2n) is 4.40. The maximum Gasteiger partial charge on any atom is 0.173 e. The lowest BCUT2D eigenvalue weighted by molar-refractivity contribution is 0.102. The SMILES string of the molecule is N#Cc1c(SCC(=O)c2ccccc2)nn2ccccc12. The van der Waals surface area contributed by atoms with E-state index in [-0.39, 0.29) is 11.5 Å². The maximum atomic E-state index is 12.1. The van der Waals surface area contributed by atoms with Gasteiger partial charge in [0.15, 0.2) is 5.78 Å². The molecule has 0 radical (unpaired) electrons. The fourth-order valence-electron chi connectivity index (χ4n) is 2.02. The van der Waals surface area contributed by atoms with Crippen LogP contribution in [0.15, 0.2) is 59.8 Å². The number of pyridine rings is 1. The minimum Gasteiger partial charge on any atom is -0.293 e. The Morgan fingerprint density at radius 3 is 2.71 bits per heavy atom. The van der Waals surface area contributed by atoms with Crippen LogP contribution in [0.3, 0.4) is 0 Å². The van der Waals surface area contributed by atoms with Gasteiger partial charge in [-0.05, 0) is 12.1 Å². The molecule has 0 N–H and O–H groups in total. The predicted octanol–water partition coefficient (Wildman–Crippen LogP) is 3.18. The van der Waals surface area contributed by atoms with Crippen LogP contribution in [0.1, 0.15) is 15.9 Å². The molecule has 0 amide bonds. The van der Waals surface area contributed by atoms with Crippen LogP contribution in [0.2, 0.25) is 0 Å². The van der Waals surface area contributed by atoms with Gasteiger partial charge in [-0.3, -0.25) is 4.79 Å². The monoisotopic (exact) mass is 293 g/mol. The zero-order valence-electron chi connectivity index (χ0n) is 11.1. The van der Waals surface area contributed by atoms with Gasteiger partial charge in [0, 0.05) is 11.8 Å². The van der Waals surface area contributed by atoms with Crippen molar-refractivity contribution >= 4 is 23.1 Å². The van der Waals surface area contributed by atoms with Crippen molar-refractivity contribution in [2.75, 3.05) is 5.75 Å². The van der Waals surface area contributed by atoms with Crippen molar-refractivity contribution in [2.45, 2.75) is 5.03 Å². The van der Waals surface area contributed by atoms with Gasteiger partial charge in [-0.25, -0.2) is 4.52 Å². The molecule has 4 nitrogen and oxygen atoms in total. The van der Waals surface area contributed by atoms with Crippen LogP contribution in [0.4, 0.5) is 0 Å². The van der Waals surface area contributed by atoms with E-state index >= 15 is 0 Å². The van der Waals surface area contributed by atoms with Gasteiger partial charge in [0.05, 0.1) is 11.3 Å². The molecule has 5 heteroatoms. The Bertz CT molecular complexity index is 834. The number of carbonyl (C=O) groups is 1. The number of benzene rings is 1. The average Bonchev–Trinajstić information content (AvgIpc) is 2.91. The smallest absolute Gasteiger partial charge is 0.173 e. The summed E-state index contributed by atoms with van der Waals surface area (Å²) in [7, 11) is 0. The number of fused-ring (bicyclic) bond motifs is 1. The predicted molar refractivity (Wildman–Crippen MR) is 81.4 cm³/mol. The van der Waals surface area contributed by atoms with Crippen molar-refractivity contribution in [1.82, 2.24) is 9.61 Å². The van der Waals surface area contributed by atoms with Crippen LogP contribution in [-0.4, -0.2) is 21.2 Å². The zero-order valence-corrected chi connectivity index (χ0v) is 11.9. The molecule has 0 aliphatic heterocycles. The Kier molecular flexibility index (Phi) is 3.71. The van der Waals surface area contributed by atoms with Crippen molar-refractivity contribution < 1.29 is 4.79 Å². The average molecular weight is 293 g/mol. The number of hydrogen-bond donors (Lipinski definition) is 0. The van der Waals surface area contributed by atoms with Gasteiger partial charge in [-0.15, -0.1) is 0 Å². The summed E-state index contributed by atoms with van der Waals surface area (Å²) in [5, 5.41) is 14.2. The van der Waals surface area contributed by atoms with E-state index < -0.39 is 0 Å². The molecule has 102 valence electrons. The minimum atomic E-state index is 0.0292. The molecule has 2 heterocycles. The highest BCUT2D eigenvalue weighted by molar-refractivity contribution is 8.00. The van der Waals surface area contributed by atoms with E-state index in [4.69, 9.17) is 0 Å². The van der Waals surface area contributed by atoms with Crippen molar-refractivity contribution in [3.63, 3.8) is 0 Å². The first kappa shape index (κ1) is 13.4. The first-order valence-electron chi connectivity index (χ1n) is 6.38. The van der Waals surface area contributed by atoms with Crippen LogP contribution >= 0.6 is 11.8 Å². The number of aromatic nitrogens is 2. The lowest BCUT2D eigenvalue weighted by Crippen LogP contribution is -2.02. The highest BCUT2D eigenvalue weighted by Gasteiger charge is 2.14. The zero-order chi connectivity index (χ0) is 14.7. The van der Waals surface area contributed by atoms with Crippen LogP contribution in [-0.2, 0) is 0 Å². The van der Waals surface area contributed by atoms with Crippen LogP contribution < -0.4 is 0 Å². The van der Waals surface area contributed by atoms with Crippen molar-refractivity contribution in [1.29, 1.82) is 5.26 Å². The molecular formula is C16H11N3OS. The number of carbonyl (C=O) groups excluding carboxylic acids is 1. The van der Waals surface area contributed by atoms with Gasteiger partial charge in [-0.1, -0.05) is 48.2 Å². The highest BCUT2D eigenvalue weighted by Crippen LogP contribution is 2.25. The maximum absolute atomic E-state index is 12.1. The number of rotatable bonds is 4. The second kappa shape index (κ2) is 5.81. The van der Waals surface area contributed by atoms with E-state index in [1.807, 2.05) is 36.4 Å². The molecule has 0 saturated heterocycles. The number of Topliss-reactive ketones (excluding diaryl/α,β-unsaturated/α-hetero) is 1. The number of nitrogens with zero attached hydrogens (tertiary/aromatic N) is 3. The summed E-state index contributed by atoms with van der Waals surface area (Å²) in [6.07, 6.45) is 1.79. The molecule has 0 saturated carbocycles. The van der Waals surface area contributed by atoms with Gasteiger partial charge >= 0.3 is 0 Å². The van der Waals surface area contributed by atoms with Crippen molar-refractivity contribution in [3.05, 3.63) is 65.9 Å². The fourth-order valence-corrected chi connectivity index (χ4v) is 2.90. The normalized spacial score (nSPS) is 10.4. The molecule has 0 aliphatic carbocycles. The number of ketones is 1. The van der Waals surface area contributed by atoms with E-state index in [9.17, 15) is 10.1 Å². The third kappa shape index (κ3) is 2.67. The minimum absolute atomic E-state index is 0.0292. The lowest BCUT2D eigenvalue weighted by Gasteiger charge is -1.99. The molecule has 21 heavy (non-hydrogen) atoms. The van der Waals surface area contributed by atoms with E-state index in [1.165, 1.54) is 11.8 Å². The third-order valence-electron chi connectivity index (χ3n) is 3.06. The first-order chi connectivity index (χ1) is 10.3. The van der Waals surface area contributed by atoms with E-state index in [0.717, 1.165) is 5.52 Å². The van der Waals surface area contributed by atoms with Gasteiger partial charge in [0.2, 0.25) is 0 Å². The Morgan fingerprint density at radius 2 is 1.95 bits per heavy atom. The summed E-state index contributed by atoms with van der Waals surface area (Å²) in [4.78, 5) is 12.1. The molecule has 2 aromatic heterocycles. The molecule has 0 spiro atoms. The Labute approximate surface area is 126 Å². The number of thioether (sulfide) groups is 1. The van der Waals surface area contributed by atoms with Crippen LogP contribution in [0.25, 0.3) is 5.52 Å². The van der Waals surface area contributed by atoms with Crippen LogP contribution in [0.5, 0.6) is 0 Å². The molecule has 0 unspecified atom stereocenters. The molecule has 1 aromatic carbocycles. The summed E-state index contributed by atoms with van der Waals surface area (Å²) in [5.41, 5.74) is 1.95. The molecule has 0 aliphatic rings. The van der Waals surface area contributed by atoms with Crippen molar-refractivity contribution in [3.8, 4) is 6.07 Å². The number of nitriles is 1. The standard InChI is InChI=1S/C16H11N3OS/c17-10-13-14-8-4-5-9-19(14)18-16(13)21-11-15(20)12-6-2-1-3-7-12/h1-9H,11H2. The third-order valence-corrected chi connectivity index (χ3v) is 4.02. The number of hydrogen-bond acceptors (Lipinski definition) is 4. The summed E-state index contributed by atoms with van der Waals surface area (Å²) in [6, 6.07) is 16.9. The molecule has 0 atom stereocenters. The molecule has 0 bridgehead atoms. The van der Waals surface area contributed by atoms with Crippen molar-refractivity contribution in [2.24, 2.45) is 0 Å². The Morgan fingerprint density at radius 1 is 1.19 bits per heavy atom. The summed E-state index contributed by atoms with van der Waals surface area (Å²) in [6.45, 7) is 0. The van der Waals surface area contributed by atoms with Gasteiger partial charge in [0.25, 0.3) is 0 Å². The Hall–Kier alpha value is -2.58. The second-order valence-corrected chi connectivity index (χ2v) is 5.36. The van der Waals surface area contributed by atoms with E-state index in [2.05, 4.69) is 11.2 Å². The van der Waals surface area contributed by atoms with Gasteiger partial charge < -0.3 is 0 Å². The summed E-state index contributed by atoms with van der Waals surface area (Å²) < 4.78 is 1.66. The lowest BCUT2D eigenvalue weighted by atomic mass is 10.2. The van der Waals surface area contributed by atoms with E-state index in [1.54, 1.807) is 22.8 Å². The van der Waals surface area contributed by atoms with E-state index in [0.29, 0.717) is 16.2 Å². The quantitative estimate of drug-likeness (QED) is 0.547. The summed E-state index contributed by atoms with van der Waals surface area (Å²) >= 11 is 1.30.